The second kappa shape index (κ2) is 5.03. The Morgan fingerprint density at radius 2 is 1.67 bits per heavy atom. The molecule has 2 amide bonds. The highest BCUT2D eigenvalue weighted by Crippen LogP contribution is 2.29. The van der Waals surface area contributed by atoms with E-state index >= 15 is 0 Å². The van der Waals surface area contributed by atoms with Crippen LogP contribution in [0.4, 0.5) is 0 Å². The number of amides is 2. The fourth-order valence-corrected chi connectivity index (χ4v) is 1.97. The lowest BCUT2D eigenvalue weighted by molar-refractivity contribution is -0.137. The van der Waals surface area contributed by atoms with Gasteiger partial charge in [-0.15, -0.1) is 0 Å². The Morgan fingerprint density at radius 1 is 1.20 bits per heavy atom. The topological polar surface area (TPSA) is 54.5 Å². The second-order valence-electron chi connectivity index (χ2n) is 3.20. The Kier molecular flexibility index (Phi) is 4.21. The van der Waals surface area contributed by atoms with E-state index in [1.54, 1.807) is 0 Å². The number of nitrogens with zero attached hydrogens (tertiary/aromatic N) is 1. The lowest BCUT2D eigenvalue weighted by Crippen LogP contribution is -2.32. The summed E-state index contributed by atoms with van der Waals surface area (Å²) in [5.41, 5.74) is 0. The Labute approximate surface area is 104 Å². The SMILES string of the molecule is CC(=O)CCCN1C(=O)C(Br)=C(Br)C1=O. The van der Waals surface area contributed by atoms with Crippen LogP contribution in [0, 0.1) is 0 Å². The van der Waals surface area contributed by atoms with Crippen molar-refractivity contribution in [1.29, 1.82) is 0 Å². The van der Waals surface area contributed by atoms with Crippen LogP contribution in [0.1, 0.15) is 19.8 Å². The van der Waals surface area contributed by atoms with Crippen molar-refractivity contribution in [1.82, 2.24) is 4.90 Å². The van der Waals surface area contributed by atoms with E-state index in [1.165, 1.54) is 6.92 Å². The van der Waals surface area contributed by atoms with Gasteiger partial charge in [0, 0.05) is 13.0 Å². The van der Waals surface area contributed by atoms with Crippen LogP contribution in [0.3, 0.4) is 0 Å². The third-order valence-corrected chi connectivity index (χ3v) is 3.97. The molecule has 0 saturated heterocycles. The van der Waals surface area contributed by atoms with E-state index < -0.39 is 0 Å². The van der Waals surface area contributed by atoms with E-state index in [0.717, 1.165) is 4.90 Å². The van der Waals surface area contributed by atoms with Crippen molar-refractivity contribution in [3.8, 4) is 0 Å². The minimum atomic E-state index is -0.351. The Balaban J connectivity index is 2.56. The fraction of sp³-hybridized carbons (Fsp3) is 0.444. The largest absolute Gasteiger partial charge is 0.300 e. The summed E-state index contributed by atoms with van der Waals surface area (Å²) in [4.78, 5) is 34.8. The van der Waals surface area contributed by atoms with Gasteiger partial charge in [0.2, 0.25) is 0 Å². The van der Waals surface area contributed by atoms with E-state index in [-0.39, 0.29) is 33.1 Å². The molecule has 0 aromatic rings. The monoisotopic (exact) mass is 337 g/mol. The molecule has 82 valence electrons. The van der Waals surface area contributed by atoms with Gasteiger partial charge in [0.1, 0.15) is 14.7 Å². The molecule has 1 aliphatic rings. The minimum absolute atomic E-state index is 0.0557. The molecule has 0 aromatic heterocycles. The number of carbonyl (C=O) groups is 3. The van der Waals surface area contributed by atoms with Gasteiger partial charge in [0.05, 0.1) is 0 Å². The van der Waals surface area contributed by atoms with Gasteiger partial charge in [-0.1, -0.05) is 0 Å². The highest BCUT2D eigenvalue weighted by Gasteiger charge is 2.35. The zero-order valence-corrected chi connectivity index (χ0v) is 11.2. The lowest BCUT2D eigenvalue weighted by atomic mass is 10.2. The summed E-state index contributed by atoms with van der Waals surface area (Å²) in [5.74, 6) is -0.647. The summed E-state index contributed by atoms with van der Waals surface area (Å²) >= 11 is 6.05. The van der Waals surface area contributed by atoms with Crippen LogP contribution in [0.2, 0.25) is 0 Å². The van der Waals surface area contributed by atoms with Crippen molar-refractivity contribution in [2.24, 2.45) is 0 Å². The molecule has 4 nitrogen and oxygen atoms in total. The van der Waals surface area contributed by atoms with Crippen LogP contribution in [0.15, 0.2) is 8.96 Å². The zero-order chi connectivity index (χ0) is 11.6. The van der Waals surface area contributed by atoms with Crippen molar-refractivity contribution < 1.29 is 14.4 Å². The molecule has 0 radical (unpaired) electrons. The van der Waals surface area contributed by atoms with E-state index in [9.17, 15) is 14.4 Å². The van der Waals surface area contributed by atoms with Gasteiger partial charge < -0.3 is 4.79 Å². The zero-order valence-electron chi connectivity index (χ0n) is 8.05. The maximum Gasteiger partial charge on any atom is 0.269 e. The van der Waals surface area contributed by atoms with E-state index in [1.807, 2.05) is 0 Å². The number of hydrogen-bond acceptors (Lipinski definition) is 3. The van der Waals surface area contributed by atoms with Gasteiger partial charge in [-0.3, -0.25) is 14.5 Å². The number of Topliss-reactive ketones (excluding diaryl/α,β-unsaturated/α-hetero) is 1. The normalized spacial score (nSPS) is 16.6. The molecule has 1 aliphatic heterocycles. The Hall–Kier alpha value is -0.490. The van der Waals surface area contributed by atoms with Crippen molar-refractivity contribution in [3.05, 3.63) is 8.96 Å². The number of imide groups is 1. The average Bonchev–Trinajstić information content (AvgIpc) is 2.34. The molecule has 1 heterocycles. The van der Waals surface area contributed by atoms with E-state index in [0.29, 0.717) is 12.8 Å². The molecule has 0 aromatic carbocycles. The molecule has 0 unspecified atom stereocenters. The molecule has 0 aliphatic carbocycles. The number of ketones is 1. The summed E-state index contributed by atoms with van der Waals surface area (Å²) in [6, 6.07) is 0. The van der Waals surface area contributed by atoms with Crippen LogP contribution in [0.25, 0.3) is 0 Å². The number of hydrogen-bond donors (Lipinski definition) is 0. The molecule has 0 atom stereocenters. The van der Waals surface area contributed by atoms with Crippen LogP contribution in [0.5, 0.6) is 0 Å². The maximum atomic E-state index is 11.5. The van der Waals surface area contributed by atoms with Gasteiger partial charge in [0.15, 0.2) is 0 Å². The molecular formula is C9H9Br2NO3. The fourth-order valence-electron chi connectivity index (χ4n) is 1.21. The summed E-state index contributed by atoms with van der Waals surface area (Å²) in [6.45, 7) is 1.76. The molecular weight excluding hydrogens is 330 g/mol. The molecule has 0 spiro atoms. The number of carbonyl (C=O) groups excluding carboxylic acids is 3. The predicted octanol–water partition coefficient (Wildman–Crippen LogP) is 1.73. The van der Waals surface area contributed by atoms with E-state index in [2.05, 4.69) is 31.9 Å². The third-order valence-electron chi connectivity index (χ3n) is 1.97. The van der Waals surface area contributed by atoms with Crippen molar-refractivity contribution >= 4 is 49.5 Å². The van der Waals surface area contributed by atoms with Gasteiger partial charge >= 0.3 is 0 Å². The second-order valence-corrected chi connectivity index (χ2v) is 4.78. The molecule has 0 N–H and O–H groups in total. The predicted molar refractivity (Wildman–Crippen MR) is 61.5 cm³/mol. The first-order valence-electron chi connectivity index (χ1n) is 4.36. The van der Waals surface area contributed by atoms with Crippen LogP contribution in [-0.4, -0.2) is 29.0 Å². The summed E-state index contributed by atoms with van der Waals surface area (Å²) in [5, 5.41) is 0. The molecule has 0 saturated carbocycles. The van der Waals surface area contributed by atoms with Crippen molar-refractivity contribution in [3.63, 3.8) is 0 Å². The third kappa shape index (κ3) is 2.75. The molecule has 15 heavy (non-hydrogen) atoms. The number of halogens is 2. The van der Waals surface area contributed by atoms with Gasteiger partial charge in [-0.2, -0.15) is 0 Å². The van der Waals surface area contributed by atoms with E-state index in [4.69, 9.17) is 0 Å². The summed E-state index contributed by atoms with van der Waals surface area (Å²) in [7, 11) is 0. The maximum absolute atomic E-state index is 11.5. The molecule has 0 bridgehead atoms. The average molecular weight is 339 g/mol. The lowest BCUT2D eigenvalue weighted by Gasteiger charge is -2.13. The van der Waals surface area contributed by atoms with Crippen LogP contribution >= 0.6 is 31.9 Å². The first kappa shape index (κ1) is 12.6. The quantitative estimate of drug-likeness (QED) is 0.733. The minimum Gasteiger partial charge on any atom is -0.300 e. The molecule has 6 heteroatoms. The first-order chi connectivity index (χ1) is 6.95. The highest BCUT2D eigenvalue weighted by atomic mass is 79.9. The standard InChI is InChI=1S/C9H9Br2NO3/c1-5(13)3-2-4-12-8(14)6(10)7(11)9(12)15/h2-4H2,1H3. The molecule has 0 fully saturated rings. The van der Waals surface area contributed by atoms with Crippen LogP contribution < -0.4 is 0 Å². The Morgan fingerprint density at radius 3 is 2.07 bits per heavy atom. The molecule has 1 rings (SSSR count). The van der Waals surface area contributed by atoms with Crippen molar-refractivity contribution in [2.75, 3.05) is 6.54 Å². The number of rotatable bonds is 4. The Bertz CT molecular complexity index is 338. The van der Waals surface area contributed by atoms with Gasteiger partial charge in [-0.25, -0.2) is 0 Å². The van der Waals surface area contributed by atoms with Gasteiger partial charge in [-0.05, 0) is 45.2 Å². The smallest absolute Gasteiger partial charge is 0.269 e. The highest BCUT2D eigenvalue weighted by molar-refractivity contribution is 9.14. The first-order valence-corrected chi connectivity index (χ1v) is 5.94. The van der Waals surface area contributed by atoms with Gasteiger partial charge in [0.25, 0.3) is 11.8 Å². The summed E-state index contributed by atoms with van der Waals surface area (Å²) in [6.07, 6.45) is 0.889. The summed E-state index contributed by atoms with van der Waals surface area (Å²) < 4.78 is 0.491. The van der Waals surface area contributed by atoms with Crippen molar-refractivity contribution in [2.45, 2.75) is 19.8 Å². The van der Waals surface area contributed by atoms with Crippen LogP contribution in [-0.2, 0) is 14.4 Å².